The minimum absolute atomic E-state index is 0.347. The van der Waals surface area contributed by atoms with Crippen molar-refractivity contribution in [1.29, 1.82) is 0 Å². The number of hydrogen-bond acceptors (Lipinski definition) is 2. The molecule has 1 amide bonds. The van der Waals surface area contributed by atoms with Crippen molar-refractivity contribution in [2.24, 2.45) is 23.7 Å². The third-order valence-electron chi connectivity index (χ3n) is 7.92. The highest BCUT2D eigenvalue weighted by Gasteiger charge is 2.60. The van der Waals surface area contributed by atoms with Crippen LogP contribution in [0.1, 0.15) is 62.6 Å². The summed E-state index contributed by atoms with van der Waals surface area (Å²) >= 11 is 0. The fourth-order valence-electron chi connectivity index (χ4n) is 6.72. The molecule has 4 saturated carbocycles. The molecule has 1 saturated heterocycles. The number of nitrogens with zero attached hydrogens (tertiary/aromatic N) is 2. The molecule has 4 aliphatic carbocycles. The Balaban J connectivity index is 1.44. The molecule has 0 atom stereocenters. The first-order chi connectivity index (χ1) is 12.3. The Labute approximate surface area is 157 Å². The van der Waals surface area contributed by atoms with Crippen molar-refractivity contribution in [1.82, 2.24) is 10.0 Å². The lowest BCUT2D eigenvalue weighted by atomic mass is 9.53. The number of carbonyl (C=O) groups excluding carboxylic acids is 1. The van der Waals surface area contributed by atoms with Crippen molar-refractivity contribution in [2.75, 3.05) is 0 Å². The summed E-state index contributed by atoms with van der Waals surface area (Å²) in [6, 6.07) is 7.16. The van der Waals surface area contributed by atoms with E-state index in [4.69, 9.17) is 0 Å². The van der Waals surface area contributed by atoms with E-state index in [1.807, 2.05) is 0 Å². The second-order valence-corrected chi connectivity index (χ2v) is 10.1. The molecule has 1 heterocycles. The molecule has 1 aromatic carbocycles. The van der Waals surface area contributed by atoms with Crippen LogP contribution in [0.4, 0.5) is 0 Å². The Morgan fingerprint density at radius 2 is 1.62 bits per heavy atom. The lowest BCUT2D eigenvalue weighted by Gasteiger charge is -2.65. The van der Waals surface area contributed by atoms with Crippen molar-refractivity contribution < 1.29 is 4.79 Å². The molecule has 4 bridgehead atoms. The molecule has 5 fully saturated rings. The van der Waals surface area contributed by atoms with Crippen molar-refractivity contribution in [3.63, 3.8) is 0 Å². The zero-order valence-corrected chi connectivity index (χ0v) is 16.7. The van der Waals surface area contributed by atoms with Crippen LogP contribution in [0, 0.1) is 37.5 Å². The van der Waals surface area contributed by atoms with Gasteiger partial charge in [-0.25, -0.2) is 0 Å². The van der Waals surface area contributed by atoms with Gasteiger partial charge in [0.1, 0.15) is 5.54 Å². The molecule has 140 valence electrons. The van der Waals surface area contributed by atoms with Gasteiger partial charge < -0.3 is 0 Å². The maximum Gasteiger partial charge on any atom is 0.258 e. The van der Waals surface area contributed by atoms with E-state index in [1.54, 1.807) is 0 Å². The van der Waals surface area contributed by atoms with Crippen LogP contribution < -0.4 is 0 Å². The number of benzene rings is 1. The molecule has 5 aliphatic rings. The van der Waals surface area contributed by atoms with E-state index in [9.17, 15) is 4.79 Å². The summed E-state index contributed by atoms with van der Waals surface area (Å²) in [5, 5.41) is 4.61. The van der Waals surface area contributed by atoms with Gasteiger partial charge in [-0.2, -0.15) is 5.01 Å². The predicted molar refractivity (Wildman–Crippen MR) is 103 cm³/mol. The number of aryl methyl sites for hydroxylation is 2. The van der Waals surface area contributed by atoms with Crippen LogP contribution in [0.3, 0.4) is 0 Å². The van der Waals surface area contributed by atoms with Crippen LogP contribution in [-0.2, 0) is 11.3 Å². The molecule has 26 heavy (non-hydrogen) atoms. The summed E-state index contributed by atoms with van der Waals surface area (Å²) in [6.45, 7) is 9.41. The van der Waals surface area contributed by atoms with Gasteiger partial charge in [-0.05, 0) is 94.6 Å². The fourth-order valence-corrected chi connectivity index (χ4v) is 6.72. The SMILES string of the molecule is Cc1ccc(C)c(CN2N(C3C4CC5CC(C4)CC3C5)C(=O)C2(C)C)c1. The van der Waals surface area contributed by atoms with Gasteiger partial charge in [0.2, 0.25) is 0 Å². The molecular formula is C23H32N2O. The Hall–Kier alpha value is -1.35. The zero-order valence-electron chi connectivity index (χ0n) is 16.7. The van der Waals surface area contributed by atoms with Crippen LogP contribution in [0.5, 0.6) is 0 Å². The van der Waals surface area contributed by atoms with E-state index >= 15 is 0 Å². The Morgan fingerprint density at radius 3 is 2.23 bits per heavy atom. The maximum absolute atomic E-state index is 13.1. The highest BCUT2D eigenvalue weighted by molar-refractivity contribution is 5.90. The zero-order chi connectivity index (χ0) is 18.2. The van der Waals surface area contributed by atoms with Crippen molar-refractivity contribution in [3.05, 3.63) is 34.9 Å². The molecule has 0 N–H and O–H groups in total. The number of amides is 1. The van der Waals surface area contributed by atoms with Crippen molar-refractivity contribution >= 4 is 5.91 Å². The molecular weight excluding hydrogens is 320 g/mol. The summed E-state index contributed by atoms with van der Waals surface area (Å²) in [6.07, 6.45) is 6.90. The number of hydrazine groups is 1. The van der Waals surface area contributed by atoms with Crippen LogP contribution in [0.2, 0.25) is 0 Å². The van der Waals surface area contributed by atoms with Crippen LogP contribution in [0.15, 0.2) is 18.2 Å². The summed E-state index contributed by atoms with van der Waals surface area (Å²) in [7, 11) is 0. The van der Waals surface area contributed by atoms with Gasteiger partial charge in [0, 0.05) is 6.54 Å². The van der Waals surface area contributed by atoms with Crippen molar-refractivity contribution in [2.45, 2.75) is 77.9 Å². The maximum atomic E-state index is 13.1. The largest absolute Gasteiger partial charge is 0.271 e. The molecule has 0 unspecified atom stereocenters. The first-order valence-corrected chi connectivity index (χ1v) is 10.5. The van der Waals surface area contributed by atoms with Gasteiger partial charge in [-0.3, -0.25) is 9.80 Å². The first-order valence-electron chi connectivity index (χ1n) is 10.5. The van der Waals surface area contributed by atoms with Crippen LogP contribution in [-0.4, -0.2) is 27.5 Å². The fraction of sp³-hybridized carbons (Fsp3) is 0.696. The second-order valence-electron chi connectivity index (χ2n) is 10.1. The number of hydrogen-bond donors (Lipinski definition) is 0. The topological polar surface area (TPSA) is 23.6 Å². The van der Waals surface area contributed by atoms with Gasteiger partial charge in [0.05, 0.1) is 6.04 Å². The van der Waals surface area contributed by atoms with Crippen LogP contribution in [0.25, 0.3) is 0 Å². The smallest absolute Gasteiger partial charge is 0.258 e. The Morgan fingerprint density at radius 1 is 1.00 bits per heavy atom. The van der Waals surface area contributed by atoms with Gasteiger partial charge in [0.15, 0.2) is 0 Å². The van der Waals surface area contributed by atoms with Gasteiger partial charge in [-0.1, -0.05) is 23.8 Å². The molecule has 3 nitrogen and oxygen atoms in total. The Bertz CT molecular complexity index is 725. The molecule has 3 heteroatoms. The molecule has 6 rings (SSSR count). The van der Waals surface area contributed by atoms with E-state index in [-0.39, 0.29) is 5.54 Å². The van der Waals surface area contributed by atoms with Crippen molar-refractivity contribution in [3.8, 4) is 0 Å². The molecule has 0 radical (unpaired) electrons. The van der Waals surface area contributed by atoms with Gasteiger partial charge in [-0.15, -0.1) is 0 Å². The van der Waals surface area contributed by atoms with E-state index in [0.717, 1.165) is 30.2 Å². The number of carbonyl (C=O) groups is 1. The molecule has 1 aliphatic heterocycles. The summed E-state index contributed by atoms with van der Waals surface area (Å²) in [5.74, 6) is 3.73. The number of rotatable bonds is 3. The van der Waals surface area contributed by atoms with E-state index in [2.05, 4.69) is 55.9 Å². The third-order valence-corrected chi connectivity index (χ3v) is 7.92. The lowest BCUT2D eigenvalue weighted by molar-refractivity contribution is -0.251. The van der Waals surface area contributed by atoms with Crippen LogP contribution >= 0.6 is 0 Å². The second kappa shape index (κ2) is 5.58. The average Bonchev–Trinajstić information content (AvgIpc) is 2.58. The Kier molecular flexibility index (Phi) is 3.60. The predicted octanol–water partition coefficient (Wildman–Crippen LogP) is 4.47. The summed E-state index contributed by atoms with van der Waals surface area (Å²) in [4.78, 5) is 13.1. The normalized spacial score (nSPS) is 37.9. The summed E-state index contributed by atoms with van der Waals surface area (Å²) in [5.41, 5.74) is 3.62. The highest BCUT2D eigenvalue weighted by atomic mass is 16.2. The lowest BCUT2D eigenvalue weighted by Crippen LogP contribution is -2.79. The molecule has 1 aromatic rings. The van der Waals surface area contributed by atoms with Gasteiger partial charge >= 0.3 is 0 Å². The van der Waals surface area contributed by atoms with Gasteiger partial charge in [0.25, 0.3) is 5.91 Å². The molecule has 0 spiro atoms. The average molecular weight is 353 g/mol. The summed E-state index contributed by atoms with van der Waals surface area (Å²) < 4.78 is 0. The third kappa shape index (κ3) is 2.32. The quantitative estimate of drug-likeness (QED) is 0.801. The van der Waals surface area contributed by atoms with E-state index in [1.165, 1.54) is 48.8 Å². The standard InChI is InChI=1S/C23H32N2O/c1-14-5-6-15(2)20(7-14)13-24-23(3,4)22(26)25(24)21-18-9-16-8-17(11-18)12-19(21)10-16/h5-7,16-19,21H,8-13H2,1-4H3. The minimum Gasteiger partial charge on any atom is -0.271 e. The van der Waals surface area contributed by atoms with E-state index < -0.39 is 0 Å². The van der Waals surface area contributed by atoms with E-state index in [0.29, 0.717) is 11.9 Å². The highest BCUT2D eigenvalue weighted by Crippen LogP contribution is 2.57. The first kappa shape index (κ1) is 16.8. The monoisotopic (exact) mass is 352 g/mol. The minimum atomic E-state index is -0.370. The molecule has 0 aromatic heterocycles.